The fourth-order valence-electron chi connectivity index (χ4n) is 3.13. The second-order valence-electron chi connectivity index (χ2n) is 7.59. The van der Waals surface area contributed by atoms with E-state index in [-0.39, 0.29) is 17.6 Å². The molecule has 0 radical (unpaired) electrons. The Labute approximate surface area is 224 Å². The minimum atomic E-state index is -0.363. The monoisotopic (exact) mass is 528 g/mol. The number of amides is 2. The van der Waals surface area contributed by atoms with Crippen LogP contribution in [0.1, 0.15) is 28.8 Å². The van der Waals surface area contributed by atoms with Crippen LogP contribution in [0.15, 0.2) is 82.6 Å². The van der Waals surface area contributed by atoms with Crippen molar-refractivity contribution >= 4 is 52.8 Å². The summed E-state index contributed by atoms with van der Waals surface area (Å²) in [5, 5.41) is 33.3. The van der Waals surface area contributed by atoms with Gasteiger partial charge in [0.2, 0.25) is 5.91 Å². The Morgan fingerprint density at radius 1 is 0.838 bits per heavy atom. The van der Waals surface area contributed by atoms with Gasteiger partial charge in [-0.2, -0.15) is 10.5 Å². The second kappa shape index (κ2) is 14.4. The predicted molar refractivity (Wildman–Crippen MR) is 149 cm³/mol. The molecule has 0 atom stereocenters. The van der Waals surface area contributed by atoms with Crippen LogP contribution in [0, 0.1) is 22.7 Å². The number of thioether (sulfide) groups is 2. The summed E-state index contributed by atoms with van der Waals surface area (Å²) in [6.45, 7) is 0. The molecule has 0 heterocycles. The normalized spacial score (nSPS) is 10.4. The molecule has 7 nitrogen and oxygen atoms in total. The van der Waals surface area contributed by atoms with Gasteiger partial charge in [-0.1, -0.05) is 30.3 Å². The maximum atomic E-state index is 12.9. The number of anilines is 2. The number of phenols is 1. The summed E-state index contributed by atoms with van der Waals surface area (Å²) in [7, 11) is 0. The highest BCUT2D eigenvalue weighted by atomic mass is 32.2. The van der Waals surface area contributed by atoms with Gasteiger partial charge in [0.1, 0.15) is 5.75 Å². The lowest BCUT2D eigenvalue weighted by Crippen LogP contribution is -2.14. The van der Waals surface area contributed by atoms with Crippen LogP contribution in [0.3, 0.4) is 0 Å². The van der Waals surface area contributed by atoms with Crippen molar-refractivity contribution in [2.24, 2.45) is 0 Å². The Morgan fingerprint density at radius 3 is 1.97 bits per heavy atom. The number of nitrogens with one attached hydrogen (secondary N) is 2. The van der Waals surface area contributed by atoms with Crippen molar-refractivity contribution in [3.63, 3.8) is 0 Å². The summed E-state index contributed by atoms with van der Waals surface area (Å²) >= 11 is 2.79. The highest BCUT2D eigenvalue weighted by Gasteiger charge is 2.16. The quantitative estimate of drug-likeness (QED) is 0.151. The molecule has 9 heteroatoms. The lowest BCUT2D eigenvalue weighted by atomic mass is 10.2. The molecule has 0 fully saturated rings. The molecule has 0 unspecified atom stereocenters. The van der Waals surface area contributed by atoms with Crippen LogP contribution in [0.2, 0.25) is 0 Å². The fourth-order valence-corrected chi connectivity index (χ4v) is 4.88. The Balaban J connectivity index is 1.91. The van der Waals surface area contributed by atoms with Crippen LogP contribution in [-0.2, 0) is 4.79 Å². The summed E-state index contributed by atoms with van der Waals surface area (Å²) in [6, 6.07) is 23.1. The van der Waals surface area contributed by atoms with Gasteiger partial charge in [0.15, 0.2) is 0 Å². The van der Waals surface area contributed by atoms with Crippen molar-refractivity contribution in [1.82, 2.24) is 0 Å². The van der Waals surface area contributed by atoms with Gasteiger partial charge in [-0.25, -0.2) is 0 Å². The minimum Gasteiger partial charge on any atom is -0.508 e. The van der Waals surface area contributed by atoms with E-state index in [0.717, 1.165) is 5.56 Å². The third-order valence-electron chi connectivity index (χ3n) is 4.89. The van der Waals surface area contributed by atoms with E-state index in [1.807, 2.05) is 30.3 Å². The number of rotatable bonds is 11. The van der Waals surface area contributed by atoms with Gasteiger partial charge in [-0.3, -0.25) is 9.59 Å². The summed E-state index contributed by atoms with van der Waals surface area (Å²) < 4.78 is 0. The molecular weight excluding hydrogens is 504 g/mol. The van der Waals surface area contributed by atoms with Crippen molar-refractivity contribution in [2.75, 3.05) is 22.1 Å². The SMILES string of the molecule is N#CCCSc1cc(NC(=O)c2ccc(O)cc2)c(SCCC#N)cc1NC(=O)/C=C/c1ccccc1. The van der Waals surface area contributed by atoms with E-state index < -0.39 is 0 Å². The van der Waals surface area contributed by atoms with E-state index in [1.165, 1.54) is 53.9 Å². The van der Waals surface area contributed by atoms with Crippen LogP contribution in [0.25, 0.3) is 6.08 Å². The molecule has 0 aliphatic carbocycles. The third-order valence-corrected chi connectivity index (χ3v) is 7.00. The van der Waals surface area contributed by atoms with Crippen LogP contribution in [-0.4, -0.2) is 28.4 Å². The van der Waals surface area contributed by atoms with Crippen LogP contribution in [0.4, 0.5) is 11.4 Å². The highest BCUT2D eigenvalue weighted by Crippen LogP contribution is 2.38. The van der Waals surface area contributed by atoms with Crippen molar-refractivity contribution in [3.8, 4) is 17.9 Å². The number of aromatic hydroxyl groups is 1. The van der Waals surface area contributed by atoms with E-state index >= 15 is 0 Å². The van der Waals surface area contributed by atoms with Gasteiger partial charge in [0.25, 0.3) is 5.91 Å². The predicted octanol–water partition coefficient (Wildman–Crippen LogP) is 6.31. The average molecular weight is 529 g/mol. The van der Waals surface area contributed by atoms with Crippen LogP contribution < -0.4 is 10.6 Å². The molecule has 37 heavy (non-hydrogen) atoms. The Morgan fingerprint density at radius 2 is 1.41 bits per heavy atom. The number of benzene rings is 3. The first-order chi connectivity index (χ1) is 18.0. The zero-order valence-electron chi connectivity index (χ0n) is 19.8. The average Bonchev–Trinajstić information content (AvgIpc) is 2.90. The topological polar surface area (TPSA) is 126 Å². The number of phenolic OH excluding ortho intramolecular Hbond substituents is 1. The molecule has 0 saturated carbocycles. The molecule has 3 N–H and O–H groups in total. The van der Waals surface area contributed by atoms with Crippen LogP contribution in [0.5, 0.6) is 5.75 Å². The molecule has 3 aromatic rings. The van der Waals surface area contributed by atoms with Crippen molar-refractivity contribution in [2.45, 2.75) is 22.6 Å². The molecule has 186 valence electrons. The number of nitrogens with zero attached hydrogens (tertiary/aromatic N) is 2. The maximum Gasteiger partial charge on any atom is 0.255 e. The number of carbonyl (C=O) groups excluding carboxylic acids is 2. The minimum absolute atomic E-state index is 0.0573. The third kappa shape index (κ3) is 8.76. The zero-order valence-corrected chi connectivity index (χ0v) is 21.4. The first kappa shape index (κ1) is 27.4. The highest BCUT2D eigenvalue weighted by molar-refractivity contribution is 8.00. The number of hydrogen-bond acceptors (Lipinski definition) is 7. The molecule has 3 aromatic carbocycles. The second-order valence-corrected chi connectivity index (χ2v) is 9.87. The standard InChI is InChI=1S/C28H24N4O3S2/c29-14-4-16-36-25-19-24(32-28(35)21-9-11-22(33)12-10-21)26(37-17-5-15-30)18-23(25)31-27(34)13-8-20-6-2-1-3-7-20/h1-3,6-13,18-19,33H,4-5,16-17H2,(H,31,34)(H,32,35)/b13-8+. The maximum absolute atomic E-state index is 12.9. The van der Waals surface area contributed by atoms with Crippen LogP contribution >= 0.6 is 23.5 Å². The number of nitriles is 2. The van der Waals surface area contributed by atoms with Crippen molar-refractivity contribution < 1.29 is 14.7 Å². The summed E-state index contributed by atoms with van der Waals surface area (Å²) in [4.78, 5) is 27.0. The smallest absolute Gasteiger partial charge is 0.255 e. The molecule has 0 spiro atoms. The molecule has 0 aliphatic heterocycles. The van der Waals surface area contributed by atoms with Gasteiger partial charge in [-0.05, 0) is 48.0 Å². The van der Waals surface area contributed by atoms with Crippen molar-refractivity contribution in [1.29, 1.82) is 10.5 Å². The lowest BCUT2D eigenvalue weighted by Gasteiger charge is -2.17. The number of hydrogen-bond donors (Lipinski definition) is 3. The largest absolute Gasteiger partial charge is 0.508 e. The number of carbonyl (C=O) groups is 2. The summed E-state index contributed by atoms with van der Waals surface area (Å²) in [6.07, 6.45) is 3.80. The molecule has 3 rings (SSSR count). The van der Waals surface area contributed by atoms with E-state index in [0.29, 0.717) is 51.1 Å². The van der Waals surface area contributed by atoms with E-state index in [1.54, 1.807) is 18.2 Å². The zero-order chi connectivity index (χ0) is 26.5. The molecule has 0 saturated heterocycles. The Bertz CT molecular complexity index is 1340. The first-order valence-corrected chi connectivity index (χ1v) is 13.3. The van der Waals surface area contributed by atoms with Gasteiger partial charge in [0.05, 0.1) is 23.5 Å². The van der Waals surface area contributed by atoms with E-state index in [4.69, 9.17) is 10.5 Å². The molecular formula is C28H24N4O3S2. The first-order valence-electron chi connectivity index (χ1n) is 11.3. The van der Waals surface area contributed by atoms with Crippen molar-refractivity contribution in [3.05, 3.63) is 83.9 Å². The fraction of sp³-hybridized carbons (Fsp3) is 0.143. The Hall–Kier alpha value is -4.18. The molecule has 0 aliphatic rings. The van der Waals surface area contributed by atoms with E-state index in [2.05, 4.69) is 22.8 Å². The molecule has 2 amide bonds. The summed E-state index contributed by atoms with van der Waals surface area (Å²) in [5.41, 5.74) is 2.33. The van der Waals surface area contributed by atoms with Gasteiger partial charge >= 0.3 is 0 Å². The van der Waals surface area contributed by atoms with Gasteiger partial charge < -0.3 is 15.7 Å². The Kier molecular flexibility index (Phi) is 10.7. The molecule has 0 aromatic heterocycles. The van der Waals surface area contributed by atoms with Gasteiger partial charge in [0, 0.05) is 45.8 Å². The molecule has 0 bridgehead atoms. The lowest BCUT2D eigenvalue weighted by molar-refractivity contribution is -0.111. The van der Waals surface area contributed by atoms with Gasteiger partial charge in [-0.15, -0.1) is 23.5 Å². The summed E-state index contributed by atoms with van der Waals surface area (Å²) in [5.74, 6) is 0.381. The van der Waals surface area contributed by atoms with E-state index in [9.17, 15) is 14.7 Å².